The fourth-order valence-electron chi connectivity index (χ4n) is 3.57. The number of methoxy groups -OCH3 is 1. The Morgan fingerprint density at radius 1 is 1.07 bits per heavy atom. The van der Waals surface area contributed by atoms with Crippen molar-refractivity contribution in [3.8, 4) is 11.8 Å². The molecule has 7 nitrogen and oxygen atoms in total. The molecule has 1 aromatic carbocycles. The first-order valence-corrected chi connectivity index (χ1v) is 10.2. The zero-order valence-corrected chi connectivity index (χ0v) is 17.4. The highest BCUT2D eigenvalue weighted by atomic mass is 16.5. The molecule has 2 amide bonds. The van der Waals surface area contributed by atoms with Gasteiger partial charge in [0.1, 0.15) is 11.9 Å². The monoisotopic (exact) mass is 398 g/mol. The Kier molecular flexibility index (Phi) is 7.27. The van der Waals surface area contributed by atoms with Gasteiger partial charge in [-0.2, -0.15) is 0 Å². The molecule has 29 heavy (non-hydrogen) atoms. The summed E-state index contributed by atoms with van der Waals surface area (Å²) in [6.07, 6.45) is 4.43. The van der Waals surface area contributed by atoms with Crippen molar-refractivity contribution in [2.45, 2.75) is 58.1 Å². The molecule has 0 radical (unpaired) electrons. The van der Waals surface area contributed by atoms with Crippen LogP contribution in [-0.2, 0) is 6.42 Å². The maximum absolute atomic E-state index is 12.2. The fourth-order valence-corrected chi connectivity index (χ4v) is 3.57. The number of aromatic nitrogens is 2. The molecule has 1 aromatic heterocycles. The molecule has 0 aliphatic heterocycles. The van der Waals surface area contributed by atoms with Gasteiger partial charge in [-0.05, 0) is 69.7 Å². The molecule has 0 atom stereocenters. The number of hydrogen-bond donors (Lipinski definition) is 2. The van der Waals surface area contributed by atoms with Gasteiger partial charge in [-0.3, -0.25) is 0 Å². The highest BCUT2D eigenvalue weighted by Crippen LogP contribution is 2.22. The third-order valence-electron chi connectivity index (χ3n) is 5.10. The molecule has 2 aromatic rings. The van der Waals surface area contributed by atoms with Crippen LogP contribution in [0.3, 0.4) is 0 Å². The minimum absolute atomic E-state index is 0.104. The molecule has 1 fully saturated rings. The molecular weight excluding hydrogens is 368 g/mol. The first kappa shape index (κ1) is 20.9. The molecule has 0 saturated heterocycles. The predicted octanol–water partition coefficient (Wildman–Crippen LogP) is 3.33. The third-order valence-corrected chi connectivity index (χ3v) is 5.10. The van der Waals surface area contributed by atoms with Crippen LogP contribution in [0.2, 0.25) is 0 Å². The quantitative estimate of drug-likeness (QED) is 0.747. The van der Waals surface area contributed by atoms with E-state index in [4.69, 9.17) is 9.47 Å². The normalized spacial score (nSPS) is 18.7. The topological polar surface area (TPSA) is 85.4 Å². The summed E-state index contributed by atoms with van der Waals surface area (Å²) in [7, 11) is 1.65. The van der Waals surface area contributed by atoms with Gasteiger partial charge in [0.15, 0.2) is 0 Å². The second-order valence-electron chi connectivity index (χ2n) is 7.52. The van der Waals surface area contributed by atoms with Crippen LogP contribution >= 0.6 is 0 Å². The lowest BCUT2D eigenvalue weighted by atomic mass is 9.93. The zero-order chi connectivity index (χ0) is 20.6. The molecule has 1 saturated carbocycles. The average molecular weight is 399 g/mol. The number of rotatable bonds is 7. The van der Waals surface area contributed by atoms with Gasteiger partial charge in [0, 0.05) is 24.0 Å². The van der Waals surface area contributed by atoms with Crippen LogP contribution in [0.4, 0.5) is 4.79 Å². The van der Waals surface area contributed by atoms with Crippen molar-refractivity contribution in [3.05, 3.63) is 47.3 Å². The van der Waals surface area contributed by atoms with Gasteiger partial charge in [0.05, 0.1) is 7.11 Å². The van der Waals surface area contributed by atoms with Crippen LogP contribution < -0.4 is 20.1 Å². The second-order valence-corrected chi connectivity index (χ2v) is 7.52. The summed E-state index contributed by atoms with van der Waals surface area (Å²) in [6, 6.07) is 10.3. The maximum Gasteiger partial charge on any atom is 0.317 e. The Hall–Kier alpha value is -2.83. The van der Waals surface area contributed by atoms with Crippen LogP contribution in [0.25, 0.3) is 0 Å². The third kappa shape index (κ3) is 6.62. The number of nitrogens with one attached hydrogen (secondary N) is 2. The molecular formula is C22H30N4O3. The van der Waals surface area contributed by atoms with Crippen molar-refractivity contribution in [3.63, 3.8) is 0 Å². The number of urea groups is 1. The molecule has 3 rings (SSSR count). The Bertz CT molecular complexity index is 782. The number of amides is 2. The van der Waals surface area contributed by atoms with Crippen LogP contribution in [0.1, 0.15) is 42.6 Å². The van der Waals surface area contributed by atoms with Gasteiger partial charge in [-0.25, -0.2) is 14.8 Å². The standard InChI is InChI=1S/C22H30N4O3/c1-15-14-16(2)25-22(24-15)29-20-10-6-18(7-11-20)26-21(27)23-13-12-17-4-8-19(28-3)9-5-17/h4-5,8-9,14,18,20H,6-7,10-13H2,1-3H3,(H2,23,26,27). The molecule has 0 spiro atoms. The zero-order valence-electron chi connectivity index (χ0n) is 17.4. The lowest BCUT2D eigenvalue weighted by Crippen LogP contribution is -2.45. The van der Waals surface area contributed by atoms with Crippen molar-refractivity contribution < 1.29 is 14.3 Å². The Morgan fingerprint density at radius 2 is 1.72 bits per heavy atom. The summed E-state index contributed by atoms with van der Waals surface area (Å²) in [6.45, 7) is 4.48. The molecule has 1 aliphatic carbocycles. The van der Waals surface area contributed by atoms with Gasteiger partial charge in [-0.15, -0.1) is 0 Å². The van der Waals surface area contributed by atoms with E-state index in [9.17, 15) is 4.79 Å². The largest absolute Gasteiger partial charge is 0.497 e. The molecule has 1 aliphatic rings. The molecule has 0 unspecified atom stereocenters. The van der Waals surface area contributed by atoms with Gasteiger partial charge < -0.3 is 20.1 Å². The Labute approximate surface area is 172 Å². The minimum atomic E-state index is -0.111. The number of ether oxygens (including phenoxy) is 2. The van der Waals surface area contributed by atoms with E-state index < -0.39 is 0 Å². The van der Waals surface area contributed by atoms with Crippen LogP contribution in [0.15, 0.2) is 30.3 Å². The van der Waals surface area contributed by atoms with E-state index >= 15 is 0 Å². The van der Waals surface area contributed by atoms with Crippen molar-refractivity contribution in [2.75, 3.05) is 13.7 Å². The van der Waals surface area contributed by atoms with E-state index in [-0.39, 0.29) is 18.2 Å². The van der Waals surface area contributed by atoms with E-state index in [1.165, 1.54) is 0 Å². The first-order chi connectivity index (χ1) is 14.0. The number of hydrogen-bond acceptors (Lipinski definition) is 5. The summed E-state index contributed by atoms with van der Waals surface area (Å²) >= 11 is 0. The Morgan fingerprint density at radius 3 is 2.34 bits per heavy atom. The van der Waals surface area contributed by atoms with Gasteiger partial charge in [-0.1, -0.05) is 12.1 Å². The Balaban J connectivity index is 1.34. The highest BCUT2D eigenvalue weighted by molar-refractivity contribution is 5.74. The number of benzene rings is 1. The van der Waals surface area contributed by atoms with E-state index in [1.54, 1.807) is 7.11 Å². The lowest BCUT2D eigenvalue weighted by Gasteiger charge is -2.29. The van der Waals surface area contributed by atoms with E-state index in [0.29, 0.717) is 12.6 Å². The van der Waals surface area contributed by atoms with Gasteiger partial charge in [0.25, 0.3) is 0 Å². The number of carbonyl (C=O) groups excluding carboxylic acids is 1. The SMILES string of the molecule is COc1ccc(CCNC(=O)NC2CCC(Oc3nc(C)cc(C)n3)CC2)cc1. The molecule has 0 bridgehead atoms. The maximum atomic E-state index is 12.2. The van der Waals surface area contributed by atoms with Crippen LogP contribution in [-0.4, -0.2) is 41.8 Å². The highest BCUT2D eigenvalue weighted by Gasteiger charge is 2.24. The van der Waals surface area contributed by atoms with Crippen LogP contribution in [0, 0.1) is 13.8 Å². The van der Waals surface area contributed by atoms with Crippen LogP contribution in [0.5, 0.6) is 11.8 Å². The summed E-state index contributed by atoms with van der Waals surface area (Å²) < 4.78 is 11.1. The summed E-state index contributed by atoms with van der Waals surface area (Å²) in [4.78, 5) is 20.8. The fraction of sp³-hybridized carbons (Fsp3) is 0.500. The smallest absolute Gasteiger partial charge is 0.317 e. The first-order valence-electron chi connectivity index (χ1n) is 10.2. The number of carbonyl (C=O) groups is 1. The predicted molar refractivity (Wildman–Crippen MR) is 111 cm³/mol. The minimum Gasteiger partial charge on any atom is -0.497 e. The van der Waals surface area contributed by atoms with E-state index in [2.05, 4.69) is 20.6 Å². The van der Waals surface area contributed by atoms with Crippen molar-refractivity contribution in [2.24, 2.45) is 0 Å². The molecule has 2 N–H and O–H groups in total. The van der Waals surface area contributed by atoms with Gasteiger partial charge >= 0.3 is 12.0 Å². The number of aryl methyl sites for hydroxylation is 2. The molecule has 7 heteroatoms. The molecule has 156 valence electrons. The average Bonchev–Trinajstić information content (AvgIpc) is 2.69. The summed E-state index contributed by atoms with van der Waals surface area (Å²) in [5, 5.41) is 6.01. The summed E-state index contributed by atoms with van der Waals surface area (Å²) in [5.41, 5.74) is 2.99. The van der Waals surface area contributed by atoms with Crippen molar-refractivity contribution >= 4 is 6.03 Å². The molecule has 1 heterocycles. The lowest BCUT2D eigenvalue weighted by molar-refractivity contribution is 0.128. The van der Waals surface area contributed by atoms with Crippen molar-refractivity contribution in [1.82, 2.24) is 20.6 Å². The number of nitrogens with zero attached hydrogens (tertiary/aromatic N) is 2. The second kappa shape index (κ2) is 10.1. The van der Waals surface area contributed by atoms with Gasteiger partial charge in [0.2, 0.25) is 0 Å². The van der Waals surface area contributed by atoms with E-state index in [0.717, 1.165) is 54.8 Å². The summed E-state index contributed by atoms with van der Waals surface area (Å²) in [5.74, 6) is 0.836. The van der Waals surface area contributed by atoms with Crippen molar-refractivity contribution in [1.29, 1.82) is 0 Å². The van der Waals surface area contributed by atoms with E-state index in [1.807, 2.05) is 44.2 Å².